The monoisotopic (exact) mass is 282 g/mol. The molecule has 1 amide bonds. The van der Waals surface area contributed by atoms with Crippen molar-refractivity contribution in [2.24, 2.45) is 0 Å². The summed E-state index contributed by atoms with van der Waals surface area (Å²) in [5, 5.41) is 3.85. The summed E-state index contributed by atoms with van der Waals surface area (Å²) in [7, 11) is 1.60. The zero-order chi connectivity index (χ0) is 14.0. The second-order valence-corrected chi connectivity index (χ2v) is 5.33. The average Bonchev–Trinajstić information content (AvgIpc) is 2.76. The zero-order valence-electron chi connectivity index (χ0n) is 11.5. The molecule has 1 aromatic carbocycles. The highest BCUT2D eigenvalue weighted by atomic mass is 35.5. The minimum absolute atomic E-state index is 0.0990. The molecule has 1 aromatic rings. The van der Waals surface area contributed by atoms with E-state index in [1.807, 2.05) is 6.07 Å². The first-order valence-electron chi connectivity index (χ1n) is 6.48. The van der Waals surface area contributed by atoms with Gasteiger partial charge in [-0.2, -0.15) is 0 Å². The van der Waals surface area contributed by atoms with E-state index in [0.717, 1.165) is 12.1 Å². The smallest absolute Gasteiger partial charge is 0.227 e. The van der Waals surface area contributed by atoms with Crippen LogP contribution in [0.4, 0.5) is 11.4 Å². The molecular weight excluding hydrogens is 264 g/mol. The van der Waals surface area contributed by atoms with Crippen LogP contribution >= 0.6 is 11.6 Å². The van der Waals surface area contributed by atoms with Gasteiger partial charge in [-0.25, -0.2) is 0 Å². The molecule has 19 heavy (non-hydrogen) atoms. The largest absolute Gasteiger partial charge is 0.492 e. The van der Waals surface area contributed by atoms with Gasteiger partial charge in [-0.3, -0.25) is 4.79 Å². The van der Waals surface area contributed by atoms with E-state index in [1.165, 1.54) is 0 Å². The fourth-order valence-electron chi connectivity index (χ4n) is 2.31. The lowest BCUT2D eigenvalue weighted by Crippen LogP contribution is -2.25. The molecule has 1 N–H and O–H groups in total. The van der Waals surface area contributed by atoms with Crippen molar-refractivity contribution in [3.05, 3.63) is 17.2 Å². The van der Waals surface area contributed by atoms with Crippen LogP contribution in [0.1, 0.15) is 26.7 Å². The summed E-state index contributed by atoms with van der Waals surface area (Å²) in [6.07, 6.45) is 1.43. The molecule has 0 radical (unpaired) electrons. The van der Waals surface area contributed by atoms with Gasteiger partial charge in [0, 0.05) is 19.0 Å². The van der Waals surface area contributed by atoms with Crippen LogP contribution in [0.25, 0.3) is 0 Å². The van der Waals surface area contributed by atoms with Gasteiger partial charge in [0.05, 0.1) is 17.8 Å². The van der Waals surface area contributed by atoms with Gasteiger partial charge in [0.15, 0.2) is 5.75 Å². The van der Waals surface area contributed by atoms with Gasteiger partial charge in [-0.15, -0.1) is 0 Å². The van der Waals surface area contributed by atoms with Crippen LogP contribution in [0.3, 0.4) is 0 Å². The summed E-state index contributed by atoms with van der Waals surface area (Å²) in [6, 6.07) is 3.96. The summed E-state index contributed by atoms with van der Waals surface area (Å²) in [4.78, 5) is 13.6. The average molecular weight is 283 g/mol. The third kappa shape index (κ3) is 2.78. The van der Waals surface area contributed by atoms with E-state index in [9.17, 15) is 4.79 Å². The van der Waals surface area contributed by atoms with Gasteiger partial charge in [0.25, 0.3) is 0 Å². The minimum Gasteiger partial charge on any atom is -0.492 e. The number of ether oxygens (including phenoxy) is 1. The Kier molecular flexibility index (Phi) is 4.20. The molecule has 1 heterocycles. The van der Waals surface area contributed by atoms with E-state index in [-0.39, 0.29) is 11.9 Å². The summed E-state index contributed by atoms with van der Waals surface area (Å²) in [5.41, 5.74) is 1.54. The van der Waals surface area contributed by atoms with Crippen LogP contribution in [0, 0.1) is 0 Å². The van der Waals surface area contributed by atoms with Gasteiger partial charge < -0.3 is 15.0 Å². The second-order valence-electron chi connectivity index (χ2n) is 4.92. The molecule has 104 valence electrons. The van der Waals surface area contributed by atoms with E-state index in [0.29, 0.717) is 29.4 Å². The fraction of sp³-hybridized carbons (Fsp3) is 0.500. The predicted octanol–water partition coefficient (Wildman–Crippen LogP) is 3.30. The SMILES string of the molecule is COc1c(NC(C)C)ccc(Cl)c1N1CCCC1=O. The van der Waals surface area contributed by atoms with Crippen molar-refractivity contribution in [1.29, 1.82) is 0 Å². The Hall–Kier alpha value is -1.42. The first-order chi connectivity index (χ1) is 9.04. The van der Waals surface area contributed by atoms with Gasteiger partial charge in [-0.05, 0) is 32.4 Å². The number of amides is 1. The number of nitrogens with one attached hydrogen (secondary N) is 1. The number of carbonyl (C=O) groups excluding carboxylic acids is 1. The van der Waals surface area contributed by atoms with Crippen LogP contribution in [0.15, 0.2) is 12.1 Å². The summed E-state index contributed by atoms with van der Waals surface area (Å²) < 4.78 is 5.48. The molecule has 0 aliphatic carbocycles. The summed E-state index contributed by atoms with van der Waals surface area (Å²) in [5.74, 6) is 0.735. The minimum atomic E-state index is 0.0990. The molecule has 1 saturated heterocycles. The highest BCUT2D eigenvalue weighted by molar-refractivity contribution is 6.34. The molecule has 0 aromatic heterocycles. The molecule has 5 heteroatoms. The van der Waals surface area contributed by atoms with Gasteiger partial charge in [0.1, 0.15) is 5.69 Å². The number of halogens is 1. The van der Waals surface area contributed by atoms with Crippen molar-refractivity contribution in [3.63, 3.8) is 0 Å². The van der Waals surface area contributed by atoms with Crippen LogP contribution in [-0.4, -0.2) is 25.6 Å². The first kappa shape index (κ1) is 14.0. The Labute approximate surface area is 118 Å². The number of rotatable bonds is 4. The maximum atomic E-state index is 11.9. The Morgan fingerprint density at radius 3 is 2.68 bits per heavy atom. The number of methoxy groups -OCH3 is 1. The number of anilines is 2. The highest BCUT2D eigenvalue weighted by Crippen LogP contribution is 2.43. The van der Waals surface area contributed by atoms with E-state index in [4.69, 9.17) is 16.3 Å². The summed E-state index contributed by atoms with van der Waals surface area (Å²) >= 11 is 6.26. The quantitative estimate of drug-likeness (QED) is 0.921. The number of hydrogen-bond donors (Lipinski definition) is 1. The van der Waals surface area contributed by atoms with Crippen molar-refractivity contribution in [1.82, 2.24) is 0 Å². The molecular formula is C14H19ClN2O2. The maximum absolute atomic E-state index is 11.9. The van der Waals surface area contributed by atoms with Crippen LogP contribution < -0.4 is 15.0 Å². The highest BCUT2D eigenvalue weighted by Gasteiger charge is 2.28. The fourth-order valence-corrected chi connectivity index (χ4v) is 2.57. The molecule has 1 aliphatic heterocycles. The predicted molar refractivity (Wildman–Crippen MR) is 78.3 cm³/mol. The molecule has 2 rings (SSSR count). The molecule has 0 unspecified atom stereocenters. The Morgan fingerprint density at radius 2 is 2.16 bits per heavy atom. The van der Waals surface area contributed by atoms with Gasteiger partial charge in [0.2, 0.25) is 5.91 Å². The Bertz CT molecular complexity index is 489. The molecule has 4 nitrogen and oxygen atoms in total. The zero-order valence-corrected chi connectivity index (χ0v) is 12.3. The van der Waals surface area contributed by atoms with E-state index in [2.05, 4.69) is 19.2 Å². The lowest BCUT2D eigenvalue weighted by molar-refractivity contribution is -0.117. The van der Waals surface area contributed by atoms with Crippen molar-refractivity contribution in [2.45, 2.75) is 32.7 Å². The third-order valence-corrected chi connectivity index (χ3v) is 3.38. The number of nitrogens with zero attached hydrogens (tertiary/aromatic N) is 1. The van der Waals surface area contributed by atoms with E-state index in [1.54, 1.807) is 18.1 Å². The lowest BCUT2D eigenvalue weighted by Gasteiger charge is -2.23. The molecule has 0 bridgehead atoms. The van der Waals surface area contributed by atoms with Crippen molar-refractivity contribution < 1.29 is 9.53 Å². The van der Waals surface area contributed by atoms with Crippen LogP contribution in [-0.2, 0) is 4.79 Å². The molecule has 0 spiro atoms. The normalized spacial score (nSPS) is 15.2. The molecule has 0 atom stereocenters. The van der Waals surface area contributed by atoms with Crippen molar-refractivity contribution >= 4 is 28.9 Å². The lowest BCUT2D eigenvalue weighted by atomic mass is 10.2. The van der Waals surface area contributed by atoms with Gasteiger partial charge in [-0.1, -0.05) is 11.6 Å². The first-order valence-corrected chi connectivity index (χ1v) is 6.85. The van der Waals surface area contributed by atoms with E-state index >= 15 is 0 Å². The second kappa shape index (κ2) is 5.70. The van der Waals surface area contributed by atoms with Crippen LogP contribution in [0.5, 0.6) is 5.75 Å². The third-order valence-electron chi connectivity index (χ3n) is 3.07. The van der Waals surface area contributed by atoms with E-state index < -0.39 is 0 Å². The Morgan fingerprint density at radius 1 is 1.42 bits per heavy atom. The molecule has 1 fully saturated rings. The summed E-state index contributed by atoms with van der Waals surface area (Å²) in [6.45, 7) is 4.80. The van der Waals surface area contributed by atoms with Crippen molar-refractivity contribution in [3.8, 4) is 5.75 Å². The number of carbonyl (C=O) groups is 1. The van der Waals surface area contributed by atoms with Gasteiger partial charge >= 0.3 is 0 Å². The topological polar surface area (TPSA) is 41.6 Å². The standard InChI is InChI=1S/C14H19ClN2O2/c1-9(2)16-11-7-6-10(15)13(14(11)19-3)17-8-4-5-12(17)18/h6-7,9,16H,4-5,8H2,1-3H3. The maximum Gasteiger partial charge on any atom is 0.227 e. The molecule has 0 saturated carbocycles. The van der Waals surface area contributed by atoms with Crippen LogP contribution in [0.2, 0.25) is 5.02 Å². The number of hydrogen-bond acceptors (Lipinski definition) is 3. The molecule has 1 aliphatic rings. The Balaban J connectivity index is 2.48. The number of benzene rings is 1. The van der Waals surface area contributed by atoms with Crippen molar-refractivity contribution in [2.75, 3.05) is 23.9 Å².